The maximum Gasteiger partial charge on any atom is 0.255 e. The molecule has 2 aromatic rings. The van der Waals surface area contributed by atoms with Crippen LogP contribution >= 0.6 is 11.6 Å². The first kappa shape index (κ1) is 19.9. The summed E-state index contributed by atoms with van der Waals surface area (Å²) in [6.07, 6.45) is 6.56. The second-order valence-corrected chi connectivity index (χ2v) is 8.26. The fourth-order valence-corrected chi connectivity index (χ4v) is 4.58. The van der Waals surface area contributed by atoms with Crippen LogP contribution in [0.4, 0.5) is 4.39 Å². The van der Waals surface area contributed by atoms with Gasteiger partial charge in [-0.25, -0.2) is 4.39 Å². The molecule has 0 unspecified atom stereocenters. The van der Waals surface area contributed by atoms with Crippen molar-refractivity contribution in [3.8, 4) is 0 Å². The number of fused-ring (bicyclic) bond motifs is 1. The van der Waals surface area contributed by atoms with Crippen molar-refractivity contribution in [2.75, 3.05) is 0 Å². The fourth-order valence-electron chi connectivity index (χ4n) is 4.35. The Morgan fingerprint density at radius 3 is 2.55 bits per heavy atom. The number of carbonyl (C=O) groups is 2. The number of nitrogens with zero attached hydrogens (tertiary/aromatic N) is 1. The lowest BCUT2D eigenvalue weighted by Crippen LogP contribution is -2.43. The molecule has 4 nitrogen and oxygen atoms in total. The minimum Gasteiger partial charge on any atom is -0.351 e. The van der Waals surface area contributed by atoms with E-state index in [1.165, 1.54) is 29.9 Å². The van der Waals surface area contributed by atoms with Gasteiger partial charge in [-0.2, -0.15) is 0 Å². The second kappa shape index (κ2) is 8.54. The van der Waals surface area contributed by atoms with Crippen molar-refractivity contribution in [2.24, 2.45) is 0 Å². The van der Waals surface area contributed by atoms with E-state index in [2.05, 4.69) is 5.32 Å². The van der Waals surface area contributed by atoms with Crippen molar-refractivity contribution in [3.05, 3.63) is 70.0 Å². The van der Waals surface area contributed by atoms with Gasteiger partial charge in [0.1, 0.15) is 11.9 Å². The minimum absolute atomic E-state index is 0.143. The third-order valence-electron chi connectivity index (χ3n) is 5.86. The molecule has 1 N–H and O–H groups in total. The standard InChI is InChI=1S/C23H24ClFN2O2/c24-20-13-16(25)12-11-15(20)14-27-21(18-9-5-6-10-19(18)23(27)29)22(28)26-17-7-3-1-2-4-8-17/h5-6,9-13,17,21H,1-4,7-8,14H2,(H,26,28)/t21-/m1/s1. The zero-order chi connectivity index (χ0) is 20.4. The predicted molar refractivity (Wildman–Crippen MR) is 110 cm³/mol. The number of carbonyl (C=O) groups excluding carboxylic acids is 2. The molecule has 0 saturated heterocycles. The van der Waals surface area contributed by atoms with E-state index in [0.29, 0.717) is 16.7 Å². The largest absolute Gasteiger partial charge is 0.351 e. The van der Waals surface area contributed by atoms with Gasteiger partial charge in [-0.05, 0) is 42.2 Å². The maximum atomic E-state index is 13.4. The number of amides is 2. The van der Waals surface area contributed by atoms with Crippen LogP contribution in [-0.2, 0) is 11.3 Å². The van der Waals surface area contributed by atoms with Crippen molar-refractivity contribution in [3.63, 3.8) is 0 Å². The van der Waals surface area contributed by atoms with Gasteiger partial charge in [-0.3, -0.25) is 9.59 Å². The number of benzene rings is 2. The lowest BCUT2D eigenvalue weighted by atomic mass is 10.0. The molecule has 0 radical (unpaired) electrons. The summed E-state index contributed by atoms with van der Waals surface area (Å²) < 4.78 is 13.4. The van der Waals surface area contributed by atoms with Crippen LogP contribution in [0.2, 0.25) is 5.02 Å². The van der Waals surface area contributed by atoms with Gasteiger partial charge < -0.3 is 10.2 Å². The molecule has 6 heteroatoms. The summed E-state index contributed by atoms with van der Waals surface area (Å²) in [4.78, 5) is 27.9. The topological polar surface area (TPSA) is 49.4 Å². The van der Waals surface area contributed by atoms with Crippen molar-refractivity contribution >= 4 is 23.4 Å². The molecule has 1 fully saturated rings. The molecule has 1 aliphatic heterocycles. The van der Waals surface area contributed by atoms with Crippen molar-refractivity contribution in [1.82, 2.24) is 10.2 Å². The van der Waals surface area contributed by atoms with Crippen LogP contribution in [-0.4, -0.2) is 22.8 Å². The average Bonchev–Trinajstić information content (AvgIpc) is 2.85. The summed E-state index contributed by atoms with van der Waals surface area (Å²) >= 11 is 6.19. The molecular formula is C23H24ClFN2O2. The highest BCUT2D eigenvalue weighted by atomic mass is 35.5. The van der Waals surface area contributed by atoms with Gasteiger partial charge >= 0.3 is 0 Å². The van der Waals surface area contributed by atoms with Gasteiger partial charge in [0.2, 0.25) is 5.91 Å². The van der Waals surface area contributed by atoms with Crippen molar-refractivity contribution in [2.45, 2.75) is 57.2 Å². The van der Waals surface area contributed by atoms with Crippen molar-refractivity contribution in [1.29, 1.82) is 0 Å². The van der Waals surface area contributed by atoms with Crippen LogP contribution < -0.4 is 5.32 Å². The Bertz CT molecular complexity index is 925. The normalized spacial score (nSPS) is 19.7. The molecule has 1 aliphatic carbocycles. The SMILES string of the molecule is O=C(NC1CCCCCC1)[C@H]1c2ccccc2C(=O)N1Cc1ccc(F)cc1Cl. The maximum absolute atomic E-state index is 13.4. The van der Waals surface area contributed by atoms with Crippen LogP contribution in [0, 0.1) is 5.82 Å². The third kappa shape index (κ3) is 4.15. The van der Waals surface area contributed by atoms with E-state index >= 15 is 0 Å². The highest BCUT2D eigenvalue weighted by Gasteiger charge is 2.41. The summed E-state index contributed by atoms with van der Waals surface area (Å²) in [5.41, 5.74) is 1.86. The Morgan fingerprint density at radius 2 is 1.83 bits per heavy atom. The van der Waals surface area contributed by atoms with Gasteiger partial charge in [-0.15, -0.1) is 0 Å². The zero-order valence-electron chi connectivity index (χ0n) is 16.2. The van der Waals surface area contributed by atoms with Gasteiger partial charge in [0.25, 0.3) is 5.91 Å². The molecule has 0 bridgehead atoms. The highest BCUT2D eigenvalue weighted by Crippen LogP contribution is 2.36. The Labute approximate surface area is 175 Å². The van der Waals surface area contributed by atoms with E-state index in [-0.39, 0.29) is 29.4 Å². The molecular weight excluding hydrogens is 391 g/mol. The molecule has 4 rings (SSSR count). The summed E-state index contributed by atoms with van der Waals surface area (Å²) in [7, 11) is 0. The molecule has 29 heavy (non-hydrogen) atoms. The lowest BCUT2D eigenvalue weighted by Gasteiger charge is -2.27. The Kier molecular flexibility index (Phi) is 5.86. The molecule has 2 aliphatic rings. The first-order chi connectivity index (χ1) is 14.0. The zero-order valence-corrected chi connectivity index (χ0v) is 16.9. The number of nitrogens with one attached hydrogen (secondary N) is 1. The number of hydrogen-bond acceptors (Lipinski definition) is 2. The van der Waals surface area contributed by atoms with E-state index in [1.54, 1.807) is 18.2 Å². The molecule has 2 amide bonds. The minimum atomic E-state index is -0.705. The molecule has 2 aromatic carbocycles. The van der Waals surface area contributed by atoms with Crippen LogP contribution in [0.5, 0.6) is 0 Å². The molecule has 0 aromatic heterocycles. The Hall–Kier alpha value is -2.40. The van der Waals surface area contributed by atoms with Gasteiger partial charge in [0.05, 0.1) is 0 Å². The number of halogens is 2. The molecule has 0 spiro atoms. The van der Waals surface area contributed by atoms with Crippen LogP contribution in [0.3, 0.4) is 0 Å². The van der Waals surface area contributed by atoms with Gasteiger partial charge in [-0.1, -0.05) is 61.5 Å². The fraction of sp³-hybridized carbons (Fsp3) is 0.391. The molecule has 152 valence electrons. The Morgan fingerprint density at radius 1 is 1.10 bits per heavy atom. The first-order valence-electron chi connectivity index (χ1n) is 10.2. The molecule has 1 atom stereocenters. The van der Waals surface area contributed by atoms with E-state index in [9.17, 15) is 14.0 Å². The van der Waals surface area contributed by atoms with E-state index in [4.69, 9.17) is 11.6 Å². The lowest BCUT2D eigenvalue weighted by molar-refractivity contribution is -0.126. The smallest absolute Gasteiger partial charge is 0.255 e. The summed E-state index contributed by atoms with van der Waals surface area (Å²) in [6.45, 7) is 0.148. The molecule has 1 saturated carbocycles. The number of hydrogen-bond donors (Lipinski definition) is 1. The Balaban J connectivity index is 1.62. The van der Waals surface area contributed by atoms with E-state index < -0.39 is 11.9 Å². The van der Waals surface area contributed by atoms with Crippen LogP contribution in [0.1, 0.15) is 66.1 Å². The summed E-state index contributed by atoms with van der Waals surface area (Å²) in [6, 6.07) is 10.8. The monoisotopic (exact) mass is 414 g/mol. The summed E-state index contributed by atoms with van der Waals surface area (Å²) in [5.74, 6) is -0.798. The average molecular weight is 415 g/mol. The third-order valence-corrected chi connectivity index (χ3v) is 6.22. The van der Waals surface area contributed by atoms with Crippen molar-refractivity contribution < 1.29 is 14.0 Å². The predicted octanol–water partition coefficient (Wildman–Crippen LogP) is 5.02. The quantitative estimate of drug-likeness (QED) is 0.714. The van der Waals surface area contributed by atoms with Gasteiger partial charge in [0, 0.05) is 23.2 Å². The first-order valence-corrected chi connectivity index (χ1v) is 10.6. The van der Waals surface area contributed by atoms with E-state index in [0.717, 1.165) is 25.7 Å². The second-order valence-electron chi connectivity index (χ2n) is 7.86. The van der Waals surface area contributed by atoms with Crippen LogP contribution in [0.25, 0.3) is 0 Å². The number of rotatable bonds is 4. The van der Waals surface area contributed by atoms with E-state index in [1.807, 2.05) is 12.1 Å². The van der Waals surface area contributed by atoms with Gasteiger partial charge in [0.15, 0.2) is 0 Å². The summed E-state index contributed by atoms with van der Waals surface area (Å²) in [5, 5.41) is 3.42. The highest BCUT2D eigenvalue weighted by molar-refractivity contribution is 6.31. The molecule has 1 heterocycles. The van der Waals surface area contributed by atoms with Crippen LogP contribution in [0.15, 0.2) is 42.5 Å².